The number of carbonyl (C=O) groups is 1. The van der Waals surface area contributed by atoms with Crippen LogP contribution in [-0.2, 0) is 0 Å². The summed E-state index contributed by atoms with van der Waals surface area (Å²) in [5, 5.41) is 9.22. The van der Waals surface area contributed by atoms with Gasteiger partial charge in [-0.2, -0.15) is 0 Å². The van der Waals surface area contributed by atoms with Crippen molar-refractivity contribution in [1.82, 2.24) is 14.8 Å². The van der Waals surface area contributed by atoms with Gasteiger partial charge < -0.3 is 5.32 Å². The molecule has 7 heteroatoms. The monoisotopic (exact) mass is 424 g/mol. The first-order valence-corrected chi connectivity index (χ1v) is 10.5. The van der Waals surface area contributed by atoms with Crippen LogP contribution in [0.3, 0.4) is 0 Å². The molecule has 1 amide bonds. The van der Waals surface area contributed by atoms with Gasteiger partial charge in [0.25, 0.3) is 5.91 Å². The third-order valence-corrected chi connectivity index (χ3v) is 5.62. The second kappa shape index (κ2) is 7.97. The third-order valence-electron chi connectivity index (χ3n) is 4.75. The summed E-state index contributed by atoms with van der Waals surface area (Å²) < 4.78 is 1.71. The molecule has 150 valence electrons. The van der Waals surface area contributed by atoms with Crippen LogP contribution in [0.2, 0.25) is 0 Å². The van der Waals surface area contributed by atoms with Gasteiger partial charge in [-0.1, -0.05) is 54.6 Å². The molecule has 2 heterocycles. The van der Waals surface area contributed by atoms with Crippen LogP contribution in [0.1, 0.15) is 9.67 Å². The molecule has 0 radical (unpaired) electrons. The van der Waals surface area contributed by atoms with Crippen molar-refractivity contribution in [2.45, 2.75) is 0 Å². The van der Waals surface area contributed by atoms with Crippen molar-refractivity contribution in [3.8, 4) is 28.5 Å². The number of rotatable bonds is 4. The normalized spacial score (nSPS) is 10.8. The standard InChI is InChI=1S/C24H16N4O2S/c29-21-15-20-18(14-19(21)26-24(30)22-12-7-13-31-22)25-23(16-8-3-1-4-9-16)27-28(20)17-10-5-2-6-11-17/h1-15H,(H,26,30). The van der Waals surface area contributed by atoms with E-state index in [1.807, 2.05) is 66.0 Å². The number of aromatic nitrogens is 3. The maximum atomic E-state index is 12.8. The second-order valence-corrected chi connectivity index (χ2v) is 7.76. The number of thiophene rings is 1. The Morgan fingerprint density at radius 1 is 0.903 bits per heavy atom. The largest absolute Gasteiger partial charge is 0.318 e. The number of hydrogen-bond donors (Lipinski definition) is 1. The van der Waals surface area contributed by atoms with Gasteiger partial charge in [-0.25, -0.2) is 9.67 Å². The van der Waals surface area contributed by atoms with Crippen molar-refractivity contribution >= 4 is 22.9 Å². The Morgan fingerprint density at radius 3 is 2.35 bits per heavy atom. The van der Waals surface area contributed by atoms with Crippen molar-refractivity contribution in [2.75, 3.05) is 5.32 Å². The molecular formula is C24H16N4O2S. The number of nitrogens with zero attached hydrogens (tertiary/aromatic N) is 3. The molecule has 2 aliphatic rings. The zero-order chi connectivity index (χ0) is 21.2. The summed E-state index contributed by atoms with van der Waals surface area (Å²) in [6.45, 7) is 0. The van der Waals surface area contributed by atoms with Gasteiger partial charge in [0.05, 0.1) is 27.6 Å². The molecule has 1 N–H and O–H groups in total. The summed E-state index contributed by atoms with van der Waals surface area (Å²) in [7, 11) is 0. The van der Waals surface area contributed by atoms with E-state index in [2.05, 4.69) is 10.3 Å². The molecule has 0 saturated heterocycles. The average Bonchev–Trinajstić information content (AvgIpc) is 3.35. The van der Waals surface area contributed by atoms with Crippen LogP contribution >= 0.6 is 11.3 Å². The molecule has 3 aromatic rings. The number of benzene rings is 3. The number of anilines is 1. The second-order valence-electron chi connectivity index (χ2n) is 6.82. The van der Waals surface area contributed by atoms with E-state index in [9.17, 15) is 9.59 Å². The summed E-state index contributed by atoms with van der Waals surface area (Å²) in [4.78, 5) is 30.5. The van der Waals surface area contributed by atoms with Gasteiger partial charge in [0.1, 0.15) is 0 Å². The lowest BCUT2D eigenvalue weighted by Crippen LogP contribution is -2.20. The Labute approximate surface area is 181 Å². The average molecular weight is 424 g/mol. The number of fused-ring (bicyclic) bond motifs is 1. The summed E-state index contributed by atoms with van der Waals surface area (Å²) in [5.74, 6) is 0.200. The lowest BCUT2D eigenvalue weighted by molar-refractivity contribution is 0.103. The van der Waals surface area contributed by atoms with E-state index in [1.165, 1.54) is 17.4 Å². The molecule has 1 aromatic heterocycles. The molecule has 0 saturated carbocycles. The zero-order valence-corrected chi connectivity index (χ0v) is 17.0. The van der Waals surface area contributed by atoms with E-state index >= 15 is 0 Å². The molecule has 31 heavy (non-hydrogen) atoms. The lowest BCUT2D eigenvalue weighted by atomic mass is 10.1. The van der Waals surface area contributed by atoms with Crippen LogP contribution in [0.4, 0.5) is 5.69 Å². The zero-order valence-electron chi connectivity index (χ0n) is 16.2. The molecule has 0 atom stereocenters. The minimum Gasteiger partial charge on any atom is -0.318 e. The molecule has 0 spiro atoms. The minimum absolute atomic E-state index is 0.184. The van der Waals surface area contributed by atoms with Gasteiger partial charge >= 0.3 is 0 Å². The quantitative estimate of drug-likeness (QED) is 0.453. The Morgan fingerprint density at radius 2 is 1.65 bits per heavy atom. The topological polar surface area (TPSA) is 76.9 Å². The third kappa shape index (κ3) is 3.74. The van der Waals surface area contributed by atoms with Crippen molar-refractivity contribution in [3.63, 3.8) is 0 Å². The number of hydrogen-bond acceptors (Lipinski definition) is 5. The van der Waals surface area contributed by atoms with Crippen molar-refractivity contribution in [1.29, 1.82) is 0 Å². The van der Waals surface area contributed by atoms with Crippen molar-refractivity contribution < 1.29 is 4.79 Å². The van der Waals surface area contributed by atoms with Crippen LogP contribution in [-0.4, -0.2) is 20.7 Å². The molecule has 0 fully saturated rings. The fraction of sp³-hybridized carbons (Fsp3) is 0. The first-order valence-electron chi connectivity index (χ1n) is 9.60. The SMILES string of the molecule is O=C(Nc1cc2nc(-c3ccccc3)nn(-c3ccccc3)c-2cc1=O)c1cccs1. The van der Waals surface area contributed by atoms with E-state index in [0.717, 1.165) is 11.3 Å². The van der Waals surface area contributed by atoms with Crippen LogP contribution < -0.4 is 10.7 Å². The predicted molar refractivity (Wildman–Crippen MR) is 122 cm³/mol. The molecule has 2 aromatic carbocycles. The first-order chi connectivity index (χ1) is 15.2. The maximum Gasteiger partial charge on any atom is 0.265 e. The smallest absolute Gasteiger partial charge is 0.265 e. The number of amides is 1. The van der Waals surface area contributed by atoms with E-state index in [4.69, 9.17) is 5.10 Å². The van der Waals surface area contributed by atoms with E-state index in [-0.39, 0.29) is 17.0 Å². The van der Waals surface area contributed by atoms with Gasteiger partial charge in [0.2, 0.25) is 5.43 Å². The lowest BCUT2D eigenvalue weighted by Gasteiger charge is -2.16. The van der Waals surface area contributed by atoms with Crippen molar-refractivity contribution in [2.24, 2.45) is 0 Å². The number of para-hydroxylation sites is 1. The molecule has 6 nitrogen and oxygen atoms in total. The Bertz CT molecular complexity index is 1380. The molecule has 0 bridgehead atoms. The number of carbonyl (C=O) groups excluding carboxylic acids is 1. The molecule has 0 unspecified atom stereocenters. The fourth-order valence-corrected chi connectivity index (χ4v) is 3.89. The fourth-order valence-electron chi connectivity index (χ4n) is 3.27. The van der Waals surface area contributed by atoms with Crippen molar-refractivity contribution in [3.05, 3.63) is 105 Å². The highest BCUT2D eigenvalue weighted by atomic mass is 32.1. The minimum atomic E-state index is -0.320. The van der Waals surface area contributed by atoms with Gasteiger partial charge in [-0.3, -0.25) is 9.59 Å². The van der Waals surface area contributed by atoms with E-state index in [1.54, 1.807) is 22.9 Å². The van der Waals surface area contributed by atoms with Gasteiger partial charge in [0.15, 0.2) is 5.82 Å². The summed E-state index contributed by atoms with van der Waals surface area (Å²) in [6, 6.07) is 25.8. The molecule has 1 aliphatic carbocycles. The maximum absolute atomic E-state index is 12.8. The Kier molecular flexibility index (Phi) is 4.86. The predicted octanol–water partition coefficient (Wildman–Crippen LogP) is 4.71. The highest BCUT2D eigenvalue weighted by Crippen LogP contribution is 2.26. The van der Waals surface area contributed by atoms with Gasteiger partial charge in [-0.15, -0.1) is 16.4 Å². The summed E-state index contributed by atoms with van der Waals surface area (Å²) in [6.07, 6.45) is 0. The first kappa shape index (κ1) is 18.9. The van der Waals surface area contributed by atoms with Crippen LogP contribution in [0, 0.1) is 0 Å². The van der Waals surface area contributed by atoms with Crippen LogP contribution in [0.15, 0.2) is 95.1 Å². The highest BCUT2D eigenvalue weighted by molar-refractivity contribution is 7.12. The summed E-state index contributed by atoms with van der Waals surface area (Å²) >= 11 is 1.32. The Hall–Kier alpha value is -4.10. The molecular weight excluding hydrogens is 408 g/mol. The van der Waals surface area contributed by atoms with Gasteiger partial charge in [0, 0.05) is 11.6 Å². The van der Waals surface area contributed by atoms with Crippen LogP contribution in [0.25, 0.3) is 28.5 Å². The van der Waals surface area contributed by atoms with E-state index < -0.39 is 0 Å². The summed E-state index contributed by atoms with van der Waals surface area (Å²) in [5.41, 5.74) is 2.65. The van der Waals surface area contributed by atoms with E-state index in [0.29, 0.717) is 22.1 Å². The molecule has 1 aliphatic heterocycles. The van der Waals surface area contributed by atoms with Crippen LogP contribution in [0.5, 0.6) is 0 Å². The Balaban J connectivity index is 1.68. The van der Waals surface area contributed by atoms with Gasteiger partial charge in [-0.05, 0) is 29.6 Å². The number of nitrogens with one attached hydrogen (secondary N) is 1. The highest BCUT2D eigenvalue weighted by Gasteiger charge is 2.18. The molecule has 5 rings (SSSR count).